The van der Waals surface area contributed by atoms with Crippen molar-refractivity contribution in [3.63, 3.8) is 0 Å². The fraction of sp³-hybridized carbons (Fsp3) is 0.433. The number of piperazine rings is 7. The van der Waals surface area contributed by atoms with Crippen molar-refractivity contribution < 1.29 is 76.2 Å². The highest BCUT2D eigenvalue weighted by Gasteiger charge is 2.32. The molecule has 0 aliphatic carbocycles. The van der Waals surface area contributed by atoms with E-state index in [2.05, 4.69) is 241 Å². The van der Waals surface area contributed by atoms with E-state index >= 15 is 0 Å². The van der Waals surface area contributed by atoms with Crippen LogP contribution in [0.3, 0.4) is 0 Å². The summed E-state index contributed by atoms with van der Waals surface area (Å²) >= 11 is 0. The normalized spacial score (nSPS) is 19.6. The number of nitrogens with one attached hydrogen (secondary N) is 4. The number of benzene rings is 8. The number of pyridine rings is 3. The first-order chi connectivity index (χ1) is 69.1. The molecule has 0 saturated carbocycles. The van der Waals surface area contributed by atoms with Crippen LogP contribution >= 0.6 is 0 Å². The lowest BCUT2D eigenvalue weighted by Crippen LogP contribution is -2.55. The topological polar surface area (TPSA) is 421 Å². The highest BCUT2D eigenvalue weighted by Crippen LogP contribution is 2.28. The number of aromatic nitrogens is 3. The molecular weight excluding hydrogens is 1840 g/mol. The molecule has 0 radical (unpaired) electrons. The summed E-state index contributed by atoms with van der Waals surface area (Å²) in [7, 11) is 4.00. The molecule has 2 amide bonds. The molecule has 766 valence electrons. The maximum atomic E-state index is 11.0. The van der Waals surface area contributed by atoms with Crippen LogP contribution in [0.15, 0.2) is 255 Å². The summed E-state index contributed by atoms with van der Waals surface area (Å²) in [5.41, 5.74) is 9.62. The molecule has 142 heavy (non-hydrogen) atoms. The number of aliphatic hydroxyl groups excluding tert-OH is 2. The van der Waals surface area contributed by atoms with Crippen LogP contribution in [0.2, 0.25) is 0 Å². The van der Waals surface area contributed by atoms with Gasteiger partial charge in [0.2, 0.25) is 12.8 Å². The molecule has 38 heteroatoms. The van der Waals surface area contributed by atoms with Gasteiger partial charge in [0, 0.05) is 246 Å². The predicted molar refractivity (Wildman–Crippen MR) is 553 cm³/mol. The van der Waals surface area contributed by atoms with Crippen molar-refractivity contribution in [1.29, 1.82) is 0 Å². The smallest absolute Gasteiger partial charge is 0.394 e. The van der Waals surface area contributed by atoms with Crippen molar-refractivity contribution in [3.05, 3.63) is 303 Å². The van der Waals surface area contributed by atoms with E-state index in [1.165, 1.54) is 44.7 Å². The number of ether oxygens (including phenoxy) is 5. The summed E-state index contributed by atoms with van der Waals surface area (Å²) in [6, 6.07) is 87.8. The van der Waals surface area contributed by atoms with Crippen molar-refractivity contribution >= 4 is 79.1 Å². The molecular formula is C104H141N19O18S. The second-order valence-electron chi connectivity index (χ2n) is 35.2. The second-order valence-corrected chi connectivity index (χ2v) is 36.1. The number of rotatable bonds is 28. The van der Waals surface area contributed by atoms with E-state index in [0.29, 0.717) is 44.5 Å². The van der Waals surface area contributed by atoms with Gasteiger partial charge in [-0.25, -0.2) is 15.0 Å². The molecule has 11 aromatic rings. The van der Waals surface area contributed by atoms with Gasteiger partial charge in [0.15, 0.2) is 0 Å². The van der Waals surface area contributed by atoms with E-state index in [4.69, 9.17) is 71.6 Å². The van der Waals surface area contributed by atoms with Crippen molar-refractivity contribution in [2.75, 3.05) is 234 Å². The summed E-state index contributed by atoms with van der Waals surface area (Å²) in [5, 5.41) is 59.5. The van der Waals surface area contributed by atoms with Gasteiger partial charge in [0.1, 0.15) is 17.5 Å². The van der Waals surface area contributed by atoms with Gasteiger partial charge in [0.05, 0.1) is 97.9 Å². The van der Waals surface area contributed by atoms with Gasteiger partial charge >= 0.3 is 10.4 Å². The zero-order valence-corrected chi connectivity index (χ0v) is 82.8. The third-order valence-electron chi connectivity index (χ3n) is 24.8. The van der Waals surface area contributed by atoms with E-state index in [1.54, 1.807) is 52.6 Å². The van der Waals surface area contributed by atoms with Gasteiger partial charge in [0.25, 0.3) is 10.8 Å². The first-order valence-electron chi connectivity index (χ1n) is 47.9. The number of nitro groups is 1. The fourth-order valence-corrected chi connectivity index (χ4v) is 18.0. The molecule has 18 rings (SSSR count). The van der Waals surface area contributed by atoms with E-state index in [9.17, 15) is 24.8 Å². The zero-order valence-electron chi connectivity index (χ0n) is 81.9. The Morgan fingerprint density at radius 1 is 0.366 bits per heavy atom. The number of aliphatic hydroxyl groups is 2. The molecule has 8 aromatic carbocycles. The number of nitro benzene ring substituents is 1. The number of hydrogen-bond donors (Lipinski definition) is 9. The van der Waals surface area contributed by atoms with Crippen molar-refractivity contribution in [2.45, 2.75) is 75.0 Å². The Morgan fingerprint density at radius 2 is 0.690 bits per heavy atom. The van der Waals surface area contributed by atoms with Crippen molar-refractivity contribution in [1.82, 2.24) is 70.5 Å². The summed E-state index contributed by atoms with van der Waals surface area (Å²) in [6.45, 7) is 28.2. The average Bonchev–Trinajstić information content (AvgIpc) is 0.783. The Hall–Kier alpha value is -11.8. The number of carbonyl (C=O) groups excluding carboxylic acids is 2. The van der Waals surface area contributed by atoms with Gasteiger partial charge in [-0.05, 0) is 82.4 Å². The minimum atomic E-state index is -4.67. The number of nitrogens with zero attached hydrogens (tertiary/aromatic N) is 15. The van der Waals surface area contributed by atoms with Gasteiger partial charge < -0.3 is 84.9 Å². The molecule has 7 fully saturated rings. The maximum absolute atomic E-state index is 11.0. The largest absolute Gasteiger partial charge is 0.395 e. The first kappa shape index (κ1) is 112. The molecule has 3 aromatic heterocycles. The van der Waals surface area contributed by atoms with E-state index < -0.39 is 20.4 Å². The Labute approximate surface area is 833 Å². The fourth-order valence-electron chi connectivity index (χ4n) is 18.0. The minimum Gasteiger partial charge on any atom is -0.395 e. The van der Waals surface area contributed by atoms with Crippen LogP contribution in [0.4, 0.5) is 23.1 Å². The average molecular weight is 1980 g/mol. The SMILES string of the molecule is COC[C@@H]1CN(Cc2ccccc2)CCN1.COC[C@@H]1CN(Cc2ccccc2)CCN1C=O.COC[C@@H]1CN(Cc2ccccc2)CCN1c1ccc2ccccc2n1.COC[C@@H]1CNCCN1c1ccc2cc([N+](=O)[O-])ccc2n1.COC[C@@H]1CNCCN1c1ccc2ccccc2n1.O=CN1CCN(Cc2ccccc2)C[C@H]1CO.O=S(=O)(O)O.O=[N+]([O-])O.OC[C@@H]1CN(Cc2ccccc2)CCN1. The van der Waals surface area contributed by atoms with Crippen molar-refractivity contribution in [3.8, 4) is 0 Å². The predicted octanol–water partition coefficient (Wildman–Crippen LogP) is 8.66. The molecule has 37 nitrogen and oxygen atoms in total. The monoisotopic (exact) mass is 1980 g/mol. The van der Waals surface area contributed by atoms with Crippen LogP contribution in [-0.4, -0.2) is 367 Å². The lowest BCUT2D eigenvalue weighted by Gasteiger charge is -2.42. The minimum absolute atomic E-state index is 0.0318. The highest BCUT2D eigenvalue weighted by atomic mass is 32.3. The van der Waals surface area contributed by atoms with Gasteiger partial charge in [-0.2, -0.15) is 8.42 Å². The quantitative estimate of drug-likeness (QED) is 0.00958. The number of non-ortho nitro benzene ring substituents is 1. The number of amides is 2. The third-order valence-corrected chi connectivity index (χ3v) is 24.8. The first-order valence-corrected chi connectivity index (χ1v) is 49.3. The molecule has 0 unspecified atom stereocenters. The second kappa shape index (κ2) is 61.9. The number of fused-ring (bicyclic) bond motifs is 3. The highest BCUT2D eigenvalue weighted by molar-refractivity contribution is 7.79. The summed E-state index contributed by atoms with van der Waals surface area (Å²) in [6.07, 6.45) is 1.77. The maximum Gasteiger partial charge on any atom is 0.394 e. The van der Waals surface area contributed by atoms with Gasteiger partial charge in [-0.15, -0.1) is 10.1 Å². The van der Waals surface area contributed by atoms with E-state index in [1.807, 2.05) is 65.6 Å². The van der Waals surface area contributed by atoms with Crippen LogP contribution in [0, 0.1) is 20.2 Å². The number of methoxy groups -OCH3 is 5. The van der Waals surface area contributed by atoms with Crippen LogP contribution in [0.1, 0.15) is 27.8 Å². The number of hydrogen-bond acceptors (Lipinski definition) is 30. The summed E-state index contributed by atoms with van der Waals surface area (Å²) in [5.74, 6) is 2.97. The number of para-hydroxylation sites is 2. The Bertz CT molecular complexity index is 5550. The van der Waals surface area contributed by atoms with Crippen molar-refractivity contribution in [2.24, 2.45) is 0 Å². The Kier molecular flexibility index (Phi) is 48.9. The van der Waals surface area contributed by atoms with Crippen LogP contribution < -0.4 is 36.0 Å². The van der Waals surface area contributed by atoms with Crippen LogP contribution in [-0.2, 0) is 76.4 Å². The molecule has 0 spiro atoms. The number of carbonyl (C=O) groups is 2. The molecule has 7 saturated heterocycles. The molecule has 7 atom stereocenters. The number of anilines is 3. The lowest BCUT2D eigenvalue weighted by atomic mass is 10.1. The lowest BCUT2D eigenvalue weighted by molar-refractivity contribution is -0.742. The van der Waals surface area contributed by atoms with Crippen LogP contribution in [0.25, 0.3) is 32.7 Å². The summed E-state index contributed by atoms with van der Waals surface area (Å²) < 4.78 is 58.1. The zero-order chi connectivity index (χ0) is 101. The standard InChI is InChI=1S/C22H25N3O.C15H18N4O3.C15H19N3O.C14H20N2O2.C13H18N2O2.C13H20N2O.C12H18N2O.HNO3.H2O4S/c1-26-17-20-16-24(15-18-7-3-2-4-8-18)13-14-25(20)22-12-11-19-9-5-6-10-21(19)23-22;1-22-10-13-9-16-6-7-18(13)15-5-2-11-8-12(19(20)21)3-4-14(11)17-15;1-19-11-13-10-16-8-9-18(13)15-7-6-12-4-2-3-5-14(12)17-15;1-18-11-14-10-15(7-8-16(14)12-17)9-13-5-3-2-4-6-13;16-10-13-9-14(6-7-15(13)11-17)8-12-4-2-1-3-5-12;1-16-11-13-10-15(8-7-14-13)9-12-5-3-2-4-6-12;15-10-12-9-14(7-6-13-12)8-11-4-2-1-3-5-11;2-1(3)4;1-5(2,3)4/h2-12,20H,13-17H2,1H3;2-5,8,13,16H,6-7,9-10H2,1H3;2-7,13,16H,8-11H2,1H3;2-6,12,14H,7-11H2,1H3;1-5,11,13,16H,6-10H2;2-6,13-14H,7-11H2,1H3;1-5,12-13,15H,6-10H2;(H,2,3,4);(H2,1,2,3,4)/t20-;2*13-;14-;2*13-;12-;;/m0000000../s1. The molecule has 7 aliphatic rings. The van der Waals surface area contributed by atoms with Gasteiger partial charge in [-0.3, -0.25) is 53.3 Å². The molecule has 7 aliphatic heterocycles. The third kappa shape index (κ3) is 39.1. The Balaban J connectivity index is 0.000000169. The van der Waals surface area contributed by atoms with E-state index in [0.717, 1.165) is 229 Å². The van der Waals surface area contributed by atoms with E-state index in [-0.39, 0.29) is 43.1 Å². The van der Waals surface area contributed by atoms with Crippen LogP contribution in [0.5, 0.6) is 0 Å². The Morgan fingerprint density at radius 3 is 1.08 bits per heavy atom. The molecule has 0 bridgehead atoms. The summed E-state index contributed by atoms with van der Waals surface area (Å²) in [4.78, 5) is 77.4. The molecule has 10 heterocycles. The van der Waals surface area contributed by atoms with Gasteiger partial charge in [-0.1, -0.05) is 188 Å². The molecule has 9 N–H and O–H groups in total.